The van der Waals surface area contributed by atoms with Crippen LogP contribution >= 0.6 is 0 Å². The molecule has 0 amide bonds. The van der Waals surface area contributed by atoms with Gasteiger partial charge in [0.15, 0.2) is 0 Å². The number of ether oxygens (including phenoxy) is 1. The number of nitrogens with zero attached hydrogens (tertiary/aromatic N) is 2. The predicted molar refractivity (Wildman–Crippen MR) is 53.5 cm³/mol. The van der Waals surface area contributed by atoms with Crippen LogP contribution in [-0.4, -0.2) is 28.7 Å². The first kappa shape index (κ1) is 11.4. The van der Waals surface area contributed by atoms with Gasteiger partial charge < -0.3 is 10.5 Å². The molecule has 0 saturated carbocycles. The van der Waals surface area contributed by atoms with Gasteiger partial charge in [-0.05, 0) is 6.92 Å². The van der Waals surface area contributed by atoms with Crippen LogP contribution in [0.25, 0.3) is 0 Å². The summed E-state index contributed by atoms with van der Waals surface area (Å²) in [7, 11) is 1.27. The van der Waals surface area contributed by atoms with Gasteiger partial charge in [-0.15, -0.1) is 0 Å². The van der Waals surface area contributed by atoms with E-state index >= 15 is 0 Å². The van der Waals surface area contributed by atoms with E-state index in [0.717, 1.165) is 0 Å². The topological polar surface area (TPSA) is 87.2 Å². The van der Waals surface area contributed by atoms with Crippen molar-refractivity contribution < 1.29 is 9.53 Å². The van der Waals surface area contributed by atoms with E-state index in [0.29, 0.717) is 6.54 Å². The maximum absolute atomic E-state index is 11.3. The van der Waals surface area contributed by atoms with E-state index in [1.807, 2.05) is 0 Å². The summed E-state index contributed by atoms with van der Waals surface area (Å²) in [6.45, 7) is 2.08. The van der Waals surface area contributed by atoms with Crippen molar-refractivity contribution in [2.45, 2.75) is 19.5 Å². The minimum atomic E-state index is -0.527. The second kappa shape index (κ2) is 4.70. The van der Waals surface area contributed by atoms with Crippen molar-refractivity contribution >= 4 is 5.97 Å². The lowest BCUT2D eigenvalue weighted by atomic mass is 10.3. The lowest BCUT2D eigenvalue weighted by Crippen LogP contribution is -2.31. The fourth-order valence-electron chi connectivity index (χ4n) is 1.12. The zero-order valence-corrected chi connectivity index (χ0v) is 8.64. The quantitative estimate of drug-likeness (QED) is 0.673. The van der Waals surface area contributed by atoms with Crippen molar-refractivity contribution in [3.05, 3.63) is 28.4 Å². The van der Waals surface area contributed by atoms with Crippen LogP contribution in [0.4, 0.5) is 0 Å². The first-order chi connectivity index (χ1) is 7.04. The molecule has 6 nitrogen and oxygen atoms in total. The van der Waals surface area contributed by atoms with Crippen LogP contribution in [0.2, 0.25) is 0 Å². The van der Waals surface area contributed by atoms with E-state index in [1.54, 1.807) is 6.92 Å². The standard InChI is InChI=1S/C9H13N3O3/c1-6(10)4-12-5-7(8(13)15-2)3-11-9(12)14/h3,5-6H,4,10H2,1-2H3. The highest BCUT2D eigenvalue weighted by Crippen LogP contribution is 1.96. The highest BCUT2D eigenvalue weighted by atomic mass is 16.5. The third-order valence-electron chi connectivity index (χ3n) is 1.76. The zero-order chi connectivity index (χ0) is 11.4. The Labute approximate surface area is 86.7 Å². The molecule has 2 N–H and O–H groups in total. The fourth-order valence-corrected chi connectivity index (χ4v) is 1.12. The Balaban J connectivity index is 3.05. The first-order valence-electron chi connectivity index (χ1n) is 4.45. The predicted octanol–water partition coefficient (Wildman–Crippen LogP) is -0.623. The van der Waals surface area contributed by atoms with Crippen LogP contribution in [0, 0.1) is 0 Å². The van der Waals surface area contributed by atoms with E-state index in [1.165, 1.54) is 24.1 Å². The van der Waals surface area contributed by atoms with Gasteiger partial charge in [-0.1, -0.05) is 0 Å². The number of hydrogen-bond acceptors (Lipinski definition) is 5. The average Bonchev–Trinajstić information content (AvgIpc) is 2.19. The molecule has 1 unspecified atom stereocenters. The number of rotatable bonds is 3. The van der Waals surface area contributed by atoms with Crippen LogP contribution in [-0.2, 0) is 11.3 Å². The van der Waals surface area contributed by atoms with Gasteiger partial charge in [0.2, 0.25) is 0 Å². The van der Waals surface area contributed by atoms with E-state index in [-0.39, 0.29) is 11.6 Å². The third kappa shape index (κ3) is 2.88. The highest BCUT2D eigenvalue weighted by molar-refractivity contribution is 5.88. The molecule has 0 aliphatic carbocycles. The van der Waals surface area contributed by atoms with Gasteiger partial charge >= 0.3 is 11.7 Å². The maximum atomic E-state index is 11.3. The smallest absolute Gasteiger partial charge is 0.347 e. The lowest BCUT2D eigenvalue weighted by Gasteiger charge is -2.08. The monoisotopic (exact) mass is 211 g/mol. The Morgan fingerprint density at radius 1 is 1.73 bits per heavy atom. The second-order valence-corrected chi connectivity index (χ2v) is 3.25. The minimum absolute atomic E-state index is 0.183. The van der Waals surface area contributed by atoms with Gasteiger partial charge in [0.1, 0.15) is 0 Å². The van der Waals surface area contributed by atoms with E-state index in [2.05, 4.69) is 9.72 Å². The van der Waals surface area contributed by atoms with E-state index in [9.17, 15) is 9.59 Å². The number of carbonyl (C=O) groups excluding carboxylic acids is 1. The van der Waals surface area contributed by atoms with Gasteiger partial charge in [-0.3, -0.25) is 4.57 Å². The molecule has 1 aromatic rings. The highest BCUT2D eigenvalue weighted by Gasteiger charge is 2.08. The molecule has 1 aromatic heterocycles. The van der Waals surface area contributed by atoms with Gasteiger partial charge in [-0.2, -0.15) is 0 Å². The van der Waals surface area contributed by atoms with Crippen molar-refractivity contribution in [3.63, 3.8) is 0 Å². The summed E-state index contributed by atoms with van der Waals surface area (Å²) in [6, 6.07) is -0.183. The molecule has 15 heavy (non-hydrogen) atoms. The van der Waals surface area contributed by atoms with E-state index in [4.69, 9.17) is 5.73 Å². The van der Waals surface area contributed by atoms with E-state index < -0.39 is 11.7 Å². The Morgan fingerprint density at radius 3 is 2.93 bits per heavy atom. The molecule has 0 aliphatic heterocycles. The number of esters is 1. The zero-order valence-electron chi connectivity index (χ0n) is 8.64. The first-order valence-corrected chi connectivity index (χ1v) is 4.45. The molecular weight excluding hydrogens is 198 g/mol. The van der Waals surface area contributed by atoms with Crippen LogP contribution in [0.15, 0.2) is 17.2 Å². The van der Waals surface area contributed by atoms with Crippen LogP contribution in [0.5, 0.6) is 0 Å². The van der Waals surface area contributed by atoms with Crippen LogP contribution < -0.4 is 11.4 Å². The second-order valence-electron chi connectivity index (χ2n) is 3.25. The molecule has 0 radical (unpaired) electrons. The van der Waals surface area contributed by atoms with Crippen molar-refractivity contribution in [3.8, 4) is 0 Å². The summed E-state index contributed by atoms with van der Waals surface area (Å²) in [4.78, 5) is 26.0. The van der Waals surface area contributed by atoms with Crippen LogP contribution in [0.1, 0.15) is 17.3 Å². The van der Waals surface area contributed by atoms with Crippen LogP contribution in [0.3, 0.4) is 0 Å². The number of methoxy groups -OCH3 is 1. The molecular formula is C9H13N3O3. The van der Waals surface area contributed by atoms with Crippen molar-refractivity contribution in [1.29, 1.82) is 0 Å². The summed E-state index contributed by atoms with van der Waals surface area (Å²) in [6.07, 6.45) is 2.58. The molecule has 1 rings (SSSR count). The third-order valence-corrected chi connectivity index (χ3v) is 1.76. The Bertz CT molecular complexity index is 411. The summed E-state index contributed by atoms with van der Waals surface area (Å²) in [5.74, 6) is -0.527. The summed E-state index contributed by atoms with van der Waals surface area (Å²) >= 11 is 0. The van der Waals surface area contributed by atoms with Crippen molar-refractivity contribution in [2.24, 2.45) is 5.73 Å². The van der Waals surface area contributed by atoms with Gasteiger partial charge in [0.25, 0.3) is 0 Å². The van der Waals surface area contributed by atoms with Crippen molar-refractivity contribution in [2.75, 3.05) is 7.11 Å². The molecule has 6 heteroatoms. The van der Waals surface area contributed by atoms with Crippen molar-refractivity contribution in [1.82, 2.24) is 9.55 Å². The average molecular weight is 211 g/mol. The Kier molecular flexibility index (Phi) is 3.56. The summed E-state index contributed by atoms with van der Waals surface area (Å²) in [5.41, 5.74) is 5.35. The summed E-state index contributed by atoms with van der Waals surface area (Å²) in [5, 5.41) is 0. The fraction of sp³-hybridized carbons (Fsp3) is 0.444. The normalized spacial score (nSPS) is 12.2. The molecule has 0 spiro atoms. The lowest BCUT2D eigenvalue weighted by molar-refractivity contribution is 0.0599. The SMILES string of the molecule is COC(=O)c1cnc(=O)n(CC(C)N)c1. The van der Waals surface area contributed by atoms with Gasteiger partial charge in [-0.25, -0.2) is 14.6 Å². The largest absolute Gasteiger partial charge is 0.465 e. The van der Waals surface area contributed by atoms with Gasteiger partial charge in [0, 0.05) is 25.0 Å². The Hall–Kier alpha value is -1.69. The maximum Gasteiger partial charge on any atom is 0.347 e. The molecule has 82 valence electrons. The number of carbonyl (C=O) groups is 1. The van der Waals surface area contributed by atoms with Gasteiger partial charge in [0.05, 0.1) is 12.7 Å². The molecule has 0 bridgehead atoms. The molecule has 0 saturated heterocycles. The number of aromatic nitrogens is 2. The Morgan fingerprint density at radius 2 is 2.40 bits per heavy atom. The molecule has 0 aliphatic rings. The minimum Gasteiger partial charge on any atom is -0.465 e. The molecule has 0 aromatic carbocycles. The number of hydrogen-bond donors (Lipinski definition) is 1. The summed E-state index contributed by atoms with van der Waals surface area (Å²) < 4.78 is 5.80. The molecule has 0 fully saturated rings. The molecule has 1 atom stereocenters. The number of nitrogens with two attached hydrogens (primary N) is 1. The molecule has 1 heterocycles.